The van der Waals surface area contributed by atoms with Gasteiger partial charge in [-0.3, -0.25) is 9.11 Å². The van der Waals surface area contributed by atoms with E-state index >= 15 is 0 Å². The van der Waals surface area contributed by atoms with Gasteiger partial charge < -0.3 is 0 Å². The Morgan fingerprint density at radius 3 is 2.29 bits per heavy atom. The van der Waals surface area contributed by atoms with Crippen molar-refractivity contribution in [3.63, 3.8) is 0 Å². The van der Waals surface area contributed by atoms with Gasteiger partial charge in [0.15, 0.2) is 5.71 Å². The fourth-order valence-electron chi connectivity index (χ4n) is 3.36. The Labute approximate surface area is 142 Å². The van der Waals surface area contributed by atoms with Gasteiger partial charge in [-0.1, -0.05) is 0 Å². The first-order valence-corrected chi connectivity index (χ1v) is 10.6. The summed E-state index contributed by atoms with van der Waals surface area (Å²) in [5, 5.41) is 0. The maximum Gasteiger partial charge on any atom is 0.294 e. The van der Waals surface area contributed by atoms with E-state index in [0.717, 1.165) is 17.0 Å². The molecule has 0 fully saturated rings. The summed E-state index contributed by atoms with van der Waals surface area (Å²) in [7, 11) is -8.37. The molecule has 0 bridgehead atoms. The van der Waals surface area contributed by atoms with Gasteiger partial charge in [-0.05, 0) is 38.8 Å². The molecular formula is C15H22NO6S2+. The molecule has 1 aliphatic heterocycles. The lowest BCUT2D eigenvalue weighted by molar-refractivity contribution is -0.434. The van der Waals surface area contributed by atoms with Crippen molar-refractivity contribution >= 4 is 31.6 Å². The highest BCUT2D eigenvalue weighted by Crippen LogP contribution is 2.43. The molecule has 134 valence electrons. The first-order chi connectivity index (χ1) is 10.9. The fourth-order valence-corrected chi connectivity index (χ4v) is 4.37. The van der Waals surface area contributed by atoms with Gasteiger partial charge in [0.2, 0.25) is 5.69 Å². The van der Waals surface area contributed by atoms with Gasteiger partial charge in [-0.25, -0.2) is 0 Å². The van der Waals surface area contributed by atoms with Crippen LogP contribution in [0.5, 0.6) is 0 Å². The summed E-state index contributed by atoms with van der Waals surface area (Å²) in [6.07, 6.45) is 0.664. The number of fused-ring (bicyclic) bond motifs is 1. The van der Waals surface area contributed by atoms with Crippen molar-refractivity contribution < 1.29 is 30.5 Å². The second-order valence-corrected chi connectivity index (χ2v) is 9.20. The smallest absolute Gasteiger partial charge is 0.286 e. The first kappa shape index (κ1) is 19.0. The Morgan fingerprint density at radius 2 is 1.79 bits per heavy atom. The number of benzene rings is 1. The molecule has 7 nitrogen and oxygen atoms in total. The molecule has 0 aliphatic carbocycles. The second kappa shape index (κ2) is 6.21. The quantitative estimate of drug-likeness (QED) is 0.580. The third kappa shape index (κ3) is 3.53. The highest BCUT2D eigenvalue weighted by molar-refractivity contribution is 7.86. The summed E-state index contributed by atoms with van der Waals surface area (Å²) in [6.45, 7) is 6.48. The fraction of sp³-hybridized carbons (Fsp3) is 0.533. The minimum Gasteiger partial charge on any atom is -0.286 e. The first-order valence-electron chi connectivity index (χ1n) is 7.59. The third-order valence-electron chi connectivity index (χ3n) is 4.75. The van der Waals surface area contributed by atoms with Crippen LogP contribution in [0.15, 0.2) is 23.1 Å². The highest BCUT2D eigenvalue weighted by Gasteiger charge is 2.46. The van der Waals surface area contributed by atoms with Crippen molar-refractivity contribution in [3.8, 4) is 0 Å². The Balaban J connectivity index is 2.51. The molecule has 0 aromatic heterocycles. The molecule has 2 rings (SSSR count). The largest absolute Gasteiger partial charge is 0.294 e. The third-order valence-corrected chi connectivity index (χ3v) is 6.40. The summed E-state index contributed by atoms with van der Waals surface area (Å²) in [6, 6.07) is 4.45. The summed E-state index contributed by atoms with van der Waals surface area (Å²) < 4.78 is 65.1. The van der Waals surface area contributed by atoms with Gasteiger partial charge in [0, 0.05) is 18.6 Å². The van der Waals surface area contributed by atoms with E-state index in [9.17, 15) is 21.4 Å². The molecule has 1 aliphatic rings. The second-order valence-electron chi connectivity index (χ2n) is 6.21. The van der Waals surface area contributed by atoms with Crippen LogP contribution < -0.4 is 0 Å². The number of rotatable bonds is 6. The Kier molecular flexibility index (Phi) is 4.93. The minimum atomic E-state index is -4.32. The molecule has 24 heavy (non-hydrogen) atoms. The summed E-state index contributed by atoms with van der Waals surface area (Å²) in [4.78, 5) is -0.187. The van der Waals surface area contributed by atoms with E-state index in [1.807, 2.05) is 25.3 Å². The zero-order valence-electron chi connectivity index (χ0n) is 13.9. The molecule has 1 aromatic rings. The van der Waals surface area contributed by atoms with E-state index in [2.05, 4.69) is 0 Å². The van der Waals surface area contributed by atoms with Crippen LogP contribution in [0.2, 0.25) is 0 Å². The monoisotopic (exact) mass is 376 g/mol. The van der Waals surface area contributed by atoms with Crippen LogP contribution in [0.4, 0.5) is 5.69 Å². The lowest BCUT2D eigenvalue weighted by atomic mass is 9.76. The van der Waals surface area contributed by atoms with Crippen LogP contribution in [0.3, 0.4) is 0 Å². The Hall–Kier alpha value is -1.29. The number of hydrogen-bond acceptors (Lipinski definition) is 4. The topological polar surface area (TPSA) is 112 Å². The SMILES string of the molecule is CC[N+]1=C(C)[C@](C)(CCCS(=O)(=O)O)c2cc(S(=O)(=O)O)ccc21. The van der Waals surface area contributed by atoms with Crippen molar-refractivity contribution in [2.24, 2.45) is 0 Å². The van der Waals surface area contributed by atoms with Crippen molar-refractivity contribution in [2.75, 3.05) is 12.3 Å². The molecule has 0 saturated heterocycles. The van der Waals surface area contributed by atoms with E-state index in [1.165, 1.54) is 12.1 Å². The van der Waals surface area contributed by atoms with Crippen molar-refractivity contribution in [1.82, 2.24) is 0 Å². The van der Waals surface area contributed by atoms with Crippen LogP contribution in [0, 0.1) is 0 Å². The molecular weight excluding hydrogens is 354 g/mol. The van der Waals surface area contributed by atoms with Gasteiger partial charge in [0.1, 0.15) is 6.54 Å². The van der Waals surface area contributed by atoms with Crippen molar-refractivity contribution in [2.45, 2.75) is 43.9 Å². The maximum absolute atomic E-state index is 11.4. The summed E-state index contributed by atoms with van der Waals surface area (Å²) >= 11 is 0. The van der Waals surface area contributed by atoms with Gasteiger partial charge in [0.25, 0.3) is 20.2 Å². The molecule has 0 radical (unpaired) electrons. The molecule has 0 unspecified atom stereocenters. The molecule has 1 aromatic carbocycles. The van der Waals surface area contributed by atoms with Crippen molar-refractivity contribution in [3.05, 3.63) is 23.8 Å². The molecule has 0 amide bonds. The number of hydrogen-bond donors (Lipinski definition) is 2. The lowest BCUT2D eigenvalue weighted by Crippen LogP contribution is -2.31. The average molecular weight is 376 g/mol. The zero-order chi connectivity index (χ0) is 18.3. The van der Waals surface area contributed by atoms with E-state index in [-0.39, 0.29) is 17.1 Å². The van der Waals surface area contributed by atoms with Gasteiger partial charge in [-0.2, -0.15) is 21.4 Å². The van der Waals surface area contributed by atoms with Crippen LogP contribution in [0.25, 0.3) is 0 Å². The number of nitrogens with zero attached hydrogens (tertiary/aromatic N) is 1. The van der Waals surface area contributed by atoms with E-state index in [0.29, 0.717) is 13.0 Å². The van der Waals surface area contributed by atoms with E-state index in [4.69, 9.17) is 4.55 Å². The van der Waals surface area contributed by atoms with E-state index < -0.39 is 25.7 Å². The van der Waals surface area contributed by atoms with Crippen LogP contribution in [-0.4, -0.2) is 48.5 Å². The van der Waals surface area contributed by atoms with Crippen LogP contribution in [-0.2, 0) is 25.7 Å². The maximum atomic E-state index is 11.4. The van der Waals surface area contributed by atoms with Gasteiger partial charge in [-0.15, -0.1) is 0 Å². The average Bonchev–Trinajstić information content (AvgIpc) is 2.65. The summed E-state index contributed by atoms with van der Waals surface area (Å²) in [5.74, 6) is -0.352. The lowest BCUT2D eigenvalue weighted by Gasteiger charge is -2.22. The molecule has 0 saturated carbocycles. The van der Waals surface area contributed by atoms with Gasteiger partial charge >= 0.3 is 0 Å². The normalized spacial score (nSPS) is 21.2. The van der Waals surface area contributed by atoms with Gasteiger partial charge in [0.05, 0.1) is 16.1 Å². The molecule has 9 heteroatoms. The van der Waals surface area contributed by atoms with Crippen molar-refractivity contribution in [1.29, 1.82) is 0 Å². The predicted octanol–water partition coefficient (Wildman–Crippen LogP) is 2.00. The molecule has 1 atom stereocenters. The Bertz CT molecular complexity index is 902. The predicted molar refractivity (Wildman–Crippen MR) is 90.4 cm³/mol. The zero-order valence-corrected chi connectivity index (χ0v) is 15.5. The highest BCUT2D eigenvalue weighted by atomic mass is 32.2. The molecule has 0 spiro atoms. The Morgan fingerprint density at radius 1 is 1.17 bits per heavy atom. The molecule has 1 heterocycles. The molecule has 2 N–H and O–H groups in total. The summed E-state index contributed by atoms with van der Waals surface area (Å²) in [5.41, 5.74) is 1.98. The minimum absolute atomic E-state index is 0.187. The van der Waals surface area contributed by atoms with E-state index in [1.54, 1.807) is 6.07 Å². The standard InChI is InChI=1S/C15H21NO6S2/c1-4-16-11(2)15(3,8-5-9-23(17,18)19)13-10-12(24(20,21)22)6-7-14(13)16/h6-7,10H,4-5,8-9H2,1-3H3,(H-,17,18,19,20,21,22)/p+1/t15-/m0/s1. The van der Waals surface area contributed by atoms with Crippen LogP contribution in [0.1, 0.15) is 39.2 Å². The van der Waals surface area contributed by atoms with Crippen LogP contribution >= 0.6 is 0 Å².